The van der Waals surface area contributed by atoms with Crippen LogP contribution in [0.15, 0.2) is 0 Å². The fourth-order valence-electron chi connectivity index (χ4n) is 5.80. The van der Waals surface area contributed by atoms with E-state index in [1.54, 1.807) is 14.2 Å². The maximum absolute atomic E-state index is 12.0. The number of aliphatic hydroxyl groups is 1. The first-order valence-corrected chi connectivity index (χ1v) is 12.6. The summed E-state index contributed by atoms with van der Waals surface area (Å²) in [4.78, 5) is 12.0. The van der Waals surface area contributed by atoms with Gasteiger partial charge in [-0.25, -0.2) is 4.79 Å². The van der Waals surface area contributed by atoms with Crippen LogP contribution >= 0.6 is 0 Å². The standard InChI is InChI=1S/C19H35NO5Si/c1-23-26(3,24-2)7-6-20-19(22)25-12-13-8-17-14-4-5-16(18(17)9-13)15(10-14)11-21/h13-18,21H,4-12H2,1-3H3,(H,20,22). The van der Waals surface area contributed by atoms with Gasteiger partial charge < -0.3 is 24.0 Å². The van der Waals surface area contributed by atoms with Crippen LogP contribution in [0.2, 0.25) is 12.6 Å². The zero-order chi connectivity index (χ0) is 18.7. The molecule has 4 aliphatic rings. The molecule has 0 heterocycles. The summed E-state index contributed by atoms with van der Waals surface area (Å²) in [7, 11) is 1.17. The zero-order valence-electron chi connectivity index (χ0n) is 16.4. The van der Waals surface area contributed by atoms with E-state index < -0.39 is 8.56 Å². The summed E-state index contributed by atoms with van der Waals surface area (Å²) in [5.74, 6) is 4.01. The van der Waals surface area contributed by atoms with E-state index in [1.807, 2.05) is 6.55 Å². The van der Waals surface area contributed by atoms with Crippen molar-refractivity contribution in [3.05, 3.63) is 0 Å². The van der Waals surface area contributed by atoms with Gasteiger partial charge in [0.15, 0.2) is 0 Å². The number of ether oxygens (including phenoxy) is 1. The fraction of sp³-hybridized carbons (Fsp3) is 0.947. The van der Waals surface area contributed by atoms with Crippen LogP contribution in [0.3, 0.4) is 0 Å². The molecule has 4 saturated carbocycles. The van der Waals surface area contributed by atoms with Gasteiger partial charge in [0, 0.05) is 33.4 Å². The molecule has 4 rings (SSSR count). The lowest BCUT2D eigenvalue weighted by Gasteiger charge is -2.50. The number of amides is 1. The minimum absolute atomic E-state index is 0.334. The van der Waals surface area contributed by atoms with Crippen molar-refractivity contribution in [3.63, 3.8) is 0 Å². The minimum Gasteiger partial charge on any atom is -0.449 e. The van der Waals surface area contributed by atoms with Crippen LogP contribution in [0.1, 0.15) is 32.1 Å². The highest BCUT2D eigenvalue weighted by Gasteiger charge is 2.52. The lowest BCUT2D eigenvalue weighted by atomic mass is 9.56. The molecule has 6 unspecified atom stereocenters. The number of carbonyl (C=O) groups excluding carboxylic acids is 1. The Kier molecular flexibility index (Phi) is 6.64. The van der Waals surface area contributed by atoms with Crippen molar-refractivity contribution in [2.45, 2.75) is 44.7 Å². The van der Waals surface area contributed by atoms with Crippen LogP contribution in [0, 0.1) is 35.5 Å². The molecule has 4 aliphatic carbocycles. The van der Waals surface area contributed by atoms with Crippen LogP contribution in [0.25, 0.3) is 0 Å². The average Bonchev–Trinajstić information content (AvgIpc) is 3.12. The Bertz CT molecular complexity index is 487. The van der Waals surface area contributed by atoms with Gasteiger partial charge in [0.05, 0.1) is 6.61 Å². The zero-order valence-corrected chi connectivity index (χ0v) is 17.4. The van der Waals surface area contributed by atoms with Gasteiger partial charge in [-0.15, -0.1) is 0 Å². The molecule has 6 atom stereocenters. The third kappa shape index (κ3) is 4.26. The Morgan fingerprint density at radius 1 is 1.12 bits per heavy atom. The number of nitrogens with one attached hydrogen (secondary N) is 1. The summed E-state index contributed by atoms with van der Waals surface area (Å²) < 4.78 is 16.3. The third-order valence-corrected chi connectivity index (χ3v) is 10.3. The monoisotopic (exact) mass is 385 g/mol. The molecule has 1 amide bonds. The number of hydrogen-bond donors (Lipinski definition) is 2. The molecule has 0 aliphatic heterocycles. The molecular weight excluding hydrogens is 350 g/mol. The first-order chi connectivity index (χ1) is 12.5. The molecule has 7 heteroatoms. The lowest BCUT2D eigenvalue weighted by Crippen LogP contribution is -2.43. The maximum Gasteiger partial charge on any atom is 0.407 e. The average molecular weight is 386 g/mol. The Morgan fingerprint density at radius 2 is 1.85 bits per heavy atom. The van der Waals surface area contributed by atoms with Gasteiger partial charge in [0.1, 0.15) is 0 Å². The van der Waals surface area contributed by atoms with Gasteiger partial charge in [-0.05, 0) is 74.2 Å². The second kappa shape index (κ2) is 8.58. The molecule has 150 valence electrons. The molecule has 0 spiro atoms. The minimum atomic E-state index is -2.14. The van der Waals surface area contributed by atoms with Crippen molar-refractivity contribution < 1.29 is 23.5 Å². The Hall–Kier alpha value is -0.633. The molecule has 0 aromatic carbocycles. The van der Waals surface area contributed by atoms with Crippen molar-refractivity contribution >= 4 is 14.7 Å². The smallest absolute Gasteiger partial charge is 0.407 e. The Morgan fingerprint density at radius 3 is 2.54 bits per heavy atom. The van der Waals surface area contributed by atoms with Crippen LogP contribution in [-0.2, 0) is 13.6 Å². The van der Waals surface area contributed by atoms with E-state index >= 15 is 0 Å². The molecule has 0 saturated heterocycles. The normalized spacial score (nSPS) is 36.0. The summed E-state index contributed by atoms with van der Waals surface area (Å²) in [6.45, 7) is 3.36. The molecule has 2 N–H and O–H groups in total. The highest BCUT2D eigenvalue weighted by atomic mass is 28.4. The molecular formula is C19H35NO5Si. The SMILES string of the molecule is CO[Si](C)(CCNC(=O)OCC1CC2C3CCC(C(CO)C3)C2C1)OC. The van der Waals surface area contributed by atoms with Crippen molar-refractivity contribution in [1.29, 1.82) is 0 Å². The van der Waals surface area contributed by atoms with E-state index in [-0.39, 0.29) is 6.09 Å². The first kappa shape index (κ1) is 20.1. The topological polar surface area (TPSA) is 77.0 Å². The van der Waals surface area contributed by atoms with E-state index in [4.69, 9.17) is 13.6 Å². The number of alkyl carbamates (subject to hydrolysis) is 1. The summed E-state index contributed by atoms with van der Waals surface area (Å²) in [6.07, 6.45) is 5.84. The van der Waals surface area contributed by atoms with Gasteiger partial charge >= 0.3 is 14.7 Å². The van der Waals surface area contributed by atoms with E-state index in [9.17, 15) is 9.90 Å². The van der Waals surface area contributed by atoms with Crippen molar-refractivity contribution in [2.75, 3.05) is 34.0 Å². The number of carbonyl (C=O) groups is 1. The summed E-state index contributed by atoms with van der Waals surface area (Å²) in [5.41, 5.74) is 0. The predicted molar refractivity (Wildman–Crippen MR) is 101 cm³/mol. The highest BCUT2D eigenvalue weighted by Crippen LogP contribution is 2.58. The second-order valence-electron chi connectivity index (χ2n) is 8.66. The van der Waals surface area contributed by atoms with E-state index in [2.05, 4.69) is 5.32 Å². The predicted octanol–water partition coefficient (Wildman–Crippen LogP) is 2.76. The number of aliphatic hydroxyl groups excluding tert-OH is 1. The Labute approximate surface area is 158 Å². The molecule has 0 aromatic rings. The van der Waals surface area contributed by atoms with Gasteiger partial charge in [-0.2, -0.15) is 0 Å². The van der Waals surface area contributed by atoms with Gasteiger partial charge in [-0.3, -0.25) is 0 Å². The number of hydrogen-bond acceptors (Lipinski definition) is 5. The Balaban J connectivity index is 1.39. The molecule has 26 heavy (non-hydrogen) atoms. The van der Waals surface area contributed by atoms with Crippen molar-refractivity contribution in [3.8, 4) is 0 Å². The quantitative estimate of drug-likeness (QED) is 0.628. The van der Waals surface area contributed by atoms with Crippen LogP contribution < -0.4 is 5.32 Å². The van der Waals surface area contributed by atoms with E-state index in [0.29, 0.717) is 43.6 Å². The molecule has 0 radical (unpaired) electrons. The van der Waals surface area contributed by atoms with Gasteiger partial charge in [0.2, 0.25) is 0 Å². The summed E-state index contributed by atoms with van der Waals surface area (Å²) >= 11 is 0. The largest absolute Gasteiger partial charge is 0.449 e. The molecule has 4 fully saturated rings. The molecule has 6 nitrogen and oxygen atoms in total. The number of rotatable bonds is 8. The van der Waals surface area contributed by atoms with Crippen molar-refractivity contribution in [1.82, 2.24) is 5.32 Å². The lowest BCUT2D eigenvalue weighted by molar-refractivity contribution is -0.0288. The second-order valence-corrected chi connectivity index (χ2v) is 12.2. The summed E-state index contributed by atoms with van der Waals surface area (Å²) in [5, 5.41) is 12.5. The van der Waals surface area contributed by atoms with Crippen molar-refractivity contribution in [2.24, 2.45) is 35.5 Å². The first-order valence-electron chi connectivity index (χ1n) is 10.1. The third-order valence-electron chi connectivity index (χ3n) is 7.39. The van der Waals surface area contributed by atoms with Crippen LogP contribution in [0.5, 0.6) is 0 Å². The van der Waals surface area contributed by atoms with Crippen LogP contribution in [-0.4, -0.2) is 53.7 Å². The molecule has 2 bridgehead atoms. The van der Waals surface area contributed by atoms with Gasteiger partial charge in [-0.1, -0.05) is 0 Å². The summed E-state index contributed by atoms with van der Waals surface area (Å²) in [6, 6.07) is 0.703. The molecule has 0 aromatic heterocycles. The van der Waals surface area contributed by atoms with Crippen LogP contribution in [0.4, 0.5) is 4.79 Å². The number of fused-ring (bicyclic) bond motifs is 2. The van der Waals surface area contributed by atoms with E-state index in [1.165, 1.54) is 25.7 Å². The van der Waals surface area contributed by atoms with Gasteiger partial charge in [0.25, 0.3) is 0 Å². The highest BCUT2D eigenvalue weighted by molar-refractivity contribution is 6.66. The van der Waals surface area contributed by atoms with E-state index in [0.717, 1.165) is 24.2 Å². The maximum atomic E-state index is 12.0. The fourth-order valence-corrected chi connectivity index (χ4v) is 6.95.